The van der Waals surface area contributed by atoms with E-state index in [9.17, 15) is 15.0 Å². The van der Waals surface area contributed by atoms with E-state index in [1.54, 1.807) is 36.4 Å². The first-order chi connectivity index (χ1) is 17.5. The lowest BCUT2D eigenvalue weighted by atomic mass is 9.93. The average Bonchev–Trinajstić information content (AvgIpc) is 2.87. The van der Waals surface area contributed by atoms with E-state index in [4.69, 9.17) is 9.47 Å². The van der Waals surface area contributed by atoms with Crippen LogP contribution in [0.15, 0.2) is 77.9 Å². The summed E-state index contributed by atoms with van der Waals surface area (Å²) in [5.74, 6) is 0.880. The van der Waals surface area contributed by atoms with Crippen molar-refractivity contribution >= 4 is 17.9 Å². The summed E-state index contributed by atoms with van der Waals surface area (Å²) >= 11 is 0. The molecule has 0 spiro atoms. The van der Waals surface area contributed by atoms with E-state index in [2.05, 4.69) is 17.0 Å². The summed E-state index contributed by atoms with van der Waals surface area (Å²) in [5, 5.41) is 20.1. The highest BCUT2D eigenvalue weighted by atomic mass is 16.5. The number of nitrogens with zero attached hydrogens (tertiary/aromatic N) is 1. The van der Waals surface area contributed by atoms with Crippen molar-refractivity contribution in [2.24, 2.45) is 0 Å². The van der Waals surface area contributed by atoms with Gasteiger partial charge < -0.3 is 19.7 Å². The number of piperidine rings is 1. The summed E-state index contributed by atoms with van der Waals surface area (Å²) in [4.78, 5) is 15.8. The molecule has 1 aliphatic heterocycles. The molecule has 1 heterocycles. The predicted molar refractivity (Wildman–Crippen MR) is 141 cm³/mol. The Balaban J connectivity index is 1.70. The molecule has 3 aromatic rings. The molecule has 6 nitrogen and oxygen atoms in total. The normalized spacial score (nSPS) is 16.4. The maximum Gasteiger partial charge on any atom is 0.187 e. The molecule has 36 heavy (non-hydrogen) atoms. The third-order valence-corrected chi connectivity index (χ3v) is 5.87. The van der Waals surface area contributed by atoms with Gasteiger partial charge in [0.1, 0.15) is 0 Å². The summed E-state index contributed by atoms with van der Waals surface area (Å²) in [5.41, 5.74) is 4.03. The Labute approximate surface area is 211 Å². The summed E-state index contributed by atoms with van der Waals surface area (Å²) < 4.78 is 11.0. The molecule has 3 aromatic carbocycles. The zero-order valence-electron chi connectivity index (χ0n) is 20.6. The van der Waals surface area contributed by atoms with Crippen molar-refractivity contribution in [1.29, 1.82) is 0 Å². The lowest BCUT2D eigenvalue weighted by Gasteiger charge is -2.30. The van der Waals surface area contributed by atoms with Crippen LogP contribution in [0.5, 0.6) is 23.0 Å². The molecule has 6 heteroatoms. The largest absolute Gasteiger partial charge is 0.504 e. The molecule has 186 valence electrons. The van der Waals surface area contributed by atoms with Crippen LogP contribution >= 0.6 is 0 Å². The zero-order valence-corrected chi connectivity index (χ0v) is 20.6. The Morgan fingerprint density at radius 3 is 1.75 bits per heavy atom. The Morgan fingerprint density at radius 2 is 1.28 bits per heavy atom. The van der Waals surface area contributed by atoms with E-state index in [0.29, 0.717) is 55.5 Å². The van der Waals surface area contributed by atoms with Crippen molar-refractivity contribution in [1.82, 2.24) is 4.90 Å². The fourth-order valence-corrected chi connectivity index (χ4v) is 4.25. The Kier molecular flexibility index (Phi) is 8.08. The van der Waals surface area contributed by atoms with E-state index in [1.165, 1.54) is 0 Å². The van der Waals surface area contributed by atoms with Gasteiger partial charge in [-0.25, -0.2) is 0 Å². The van der Waals surface area contributed by atoms with Gasteiger partial charge in [0.15, 0.2) is 28.8 Å². The van der Waals surface area contributed by atoms with Crippen molar-refractivity contribution in [2.45, 2.75) is 20.4 Å². The van der Waals surface area contributed by atoms with Crippen LogP contribution in [0.25, 0.3) is 12.2 Å². The summed E-state index contributed by atoms with van der Waals surface area (Å²) in [6, 6.07) is 20.3. The van der Waals surface area contributed by atoms with Gasteiger partial charge >= 0.3 is 0 Å². The highest BCUT2D eigenvalue weighted by Crippen LogP contribution is 2.31. The third-order valence-electron chi connectivity index (χ3n) is 5.87. The quantitative estimate of drug-likeness (QED) is 0.413. The van der Waals surface area contributed by atoms with Crippen LogP contribution in [-0.2, 0) is 11.3 Å². The van der Waals surface area contributed by atoms with Gasteiger partial charge in [0.25, 0.3) is 0 Å². The minimum absolute atomic E-state index is 0.0311. The number of hydrogen-bond acceptors (Lipinski definition) is 6. The zero-order chi connectivity index (χ0) is 25.5. The fraction of sp³-hybridized carbons (Fsp3) is 0.233. The number of rotatable bonds is 8. The molecule has 0 aliphatic carbocycles. The van der Waals surface area contributed by atoms with Crippen LogP contribution in [0.4, 0.5) is 0 Å². The summed E-state index contributed by atoms with van der Waals surface area (Å²) in [6.45, 7) is 6.26. The van der Waals surface area contributed by atoms with Gasteiger partial charge in [0.2, 0.25) is 0 Å². The monoisotopic (exact) mass is 485 g/mol. The molecule has 2 N–H and O–H groups in total. The lowest BCUT2D eigenvalue weighted by molar-refractivity contribution is -0.113. The van der Waals surface area contributed by atoms with E-state index in [-0.39, 0.29) is 17.3 Å². The van der Waals surface area contributed by atoms with Crippen LogP contribution < -0.4 is 9.47 Å². The second-order valence-corrected chi connectivity index (χ2v) is 8.62. The van der Waals surface area contributed by atoms with Crippen molar-refractivity contribution < 1.29 is 24.5 Å². The number of carbonyl (C=O) groups is 1. The molecule has 0 unspecified atom stereocenters. The fourth-order valence-electron chi connectivity index (χ4n) is 4.25. The van der Waals surface area contributed by atoms with Crippen molar-refractivity contribution in [3.05, 3.63) is 94.6 Å². The first-order valence-corrected chi connectivity index (χ1v) is 12.1. The predicted octanol–water partition coefficient (Wildman–Crippen LogP) is 5.45. The number of benzene rings is 3. The standard InChI is InChI=1S/C30H31NO5/c1-3-35-28-16-22(10-12-26(28)32)14-24-19-31(18-21-8-6-5-7-9-21)20-25(30(24)34)15-23-11-13-27(33)29(17-23)36-4-2/h5-17,32-33H,3-4,18-20H2,1-2H3/b24-14+,25-15+. The van der Waals surface area contributed by atoms with Crippen LogP contribution in [0, 0.1) is 0 Å². The minimum Gasteiger partial charge on any atom is -0.504 e. The molecule has 0 atom stereocenters. The highest BCUT2D eigenvalue weighted by molar-refractivity contribution is 6.14. The van der Waals surface area contributed by atoms with Gasteiger partial charge in [0, 0.05) is 30.8 Å². The van der Waals surface area contributed by atoms with Crippen LogP contribution in [0.3, 0.4) is 0 Å². The van der Waals surface area contributed by atoms with Crippen molar-refractivity contribution in [2.75, 3.05) is 26.3 Å². The van der Waals surface area contributed by atoms with Gasteiger partial charge in [-0.3, -0.25) is 9.69 Å². The molecule has 4 rings (SSSR count). The minimum atomic E-state index is -0.0311. The maximum absolute atomic E-state index is 13.6. The number of ketones is 1. The number of ether oxygens (including phenoxy) is 2. The lowest BCUT2D eigenvalue weighted by Crippen LogP contribution is -2.37. The molecule has 1 fully saturated rings. The van der Waals surface area contributed by atoms with Gasteiger partial charge in [-0.1, -0.05) is 42.5 Å². The molecular weight excluding hydrogens is 454 g/mol. The molecular formula is C30H31NO5. The number of likely N-dealkylation sites (tertiary alicyclic amines) is 1. The van der Waals surface area contributed by atoms with Gasteiger partial charge in [0.05, 0.1) is 13.2 Å². The molecule has 1 aliphatic rings. The number of carbonyl (C=O) groups excluding carboxylic acids is 1. The van der Waals surface area contributed by atoms with Gasteiger partial charge in [-0.2, -0.15) is 0 Å². The van der Waals surface area contributed by atoms with Crippen molar-refractivity contribution in [3.63, 3.8) is 0 Å². The Hall–Kier alpha value is -4.03. The summed E-state index contributed by atoms with van der Waals surface area (Å²) in [7, 11) is 0. The SMILES string of the molecule is CCOc1cc(/C=C2\CN(Cc3ccccc3)C/C(=C\c3ccc(O)c(OCC)c3)C2=O)ccc1O. The molecule has 0 bridgehead atoms. The molecule has 1 saturated heterocycles. The Morgan fingerprint density at radius 1 is 0.778 bits per heavy atom. The van der Waals surface area contributed by atoms with Crippen molar-refractivity contribution in [3.8, 4) is 23.0 Å². The molecule has 0 amide bonds. The number of phenolic OH excluding ortho intramolecular Hbond substituents is 2. The number of phenols is 2. The first-order valence-electron chi connectivity index (χ1n) is 12.1. The molecule has 0 saturated carbocycles. The Bertz CT molecular complexity index is 1200. The summed E-state index contributed by atoms with van der Waals surface area (Å²) in [6.07, 6.45) is 3.72. The van der Waals surface area contributed by atoms with Gasteiger partial charge in [-0.05, 0) is 67.0 Å². The number of Topliss-reactive ketones (excluding diaryl/α,β-unsaturated/α-hetero) is 1. The molecule has 0 aromatic heterocycles. The average molecular weight is 486 g/mol. The second-order valence-electron chi connectivity index (χ2n) is 8.62. The van der Waals surface area contributed by atoms with E-state index >= 15 is 0 Å². The van der Waals surface area contributed by atoms with E-state index in [0.717, 1.165) is 16.7 Å². The first kappa shape index (κ1) is 25.1. The van der Waals surface area contributed by atoms with Gasteiger partial charge in [-0.15, -0.1) is 0 Å². The number of hydrogen-bond donors (Lipinski definition) is 2. The highest BCUT2D eigenvalue weighted by Gasteiger charge is 2.26. The maximum atomic E-state index is 13.6. The van der Waals surface area contributed by atoms with E-state index < -0.39 is 0 Å². The topological polar surface area (TPSA) is 79.2 Å². The smallest absolute Gasteiger partial charge is 0.187 e. The van der Waals surface area contributed by atoms with Crippen LogP contribution in [-0.4, -0.2) is 47.2 Å². The third kappa shape index (κ3) is 6.15. The van der Waals surface area contributed by atoms with E-state index in [1.807, 2.05) is 44.2 Å². The number of aromatic hydroxyl groups is 2. The molecule has 0 radical (unpaired) electrons. The van der Waals surface area contributed by atoms with Crippen LogP contribution in [0.1, 0.15) is 30.5 Å². The second kappa shape index (κ2) is 11.6. The van der Waals surface area contributed by atoms with Crippen LogP contribution in [0.2, 0.25) is 0 Å².